The molecule has 2 aliphatic rings. The van der Waals surface area contributed by atoms with Gasteiger partial charge in [-0.25, -0.2) is 0 Å². The molecular weight excluding hydrogens is 372 g/mol. The van der Waals surface area contributed by atoms with Crippen molar-refractivity contribution in [2.75, 3.05) is 13.7 Å². The van der Waals surface area contributed by atoms with E-state index in [-0.39, 0.29) is 30.0 Å². The van der Waals surface area contributed by atoms with Gasteiger partial charge in [0.15, 0.2) is 0 Å². The largest absolute Gasteiger partial charge is 0.497 e. The molecule has 3 atom stereocenters. The topological polar surface area (TPSA) is 94.5 Å². The Hall–Kier alpha value is -2.87. The summed E-state index contributed by atoms with van der Waals surface area (Å²) < 4.78 is 12.7. The van der Waals surface area contributed by atoms with Crippen LogP contribution in [-0.4, -0.2) is 53.5 Å². The smallest absolute Gasteiger partial charge is 0.254 e. The monoisotopic (exact) mass is 398 g/mol. The molecule has 154 valence electrons. The Morgan fingerprint density at radius 1 is 1.34 bits per heavy atom. The molecule has 2 fully saturated rings. The van der Waals surface area contributed by atoms with Gasteiger partial charge in [0.05, 0.1) is 43.6 Å². The Balaban J connectivity index is 1.39. The second-order valence-electron chi connectivity index (χ2n) is 7.54. The number of methoxy groups -OCH3 is 1. The third-order valence-electron chi connectivity index (χ3n) is 5.52. The third-order valence-corrected chi connectivity index (χ3v) is 5.52. The molecule has 2 amide bonds. The van der Waals surface area contributed by atoms with Crippen molar-refractivity contribution in [1.82, 2.24) is 20.4 Å². The minimum absolute atomic E-state index is 0.0170. The predicted octanol–water partition coefficient (Wildman–Crippen LogP) is 1.50. The first-order chi connectivity index (χ1) is 14.1. The third kappa shape index (κ3) is 4.59. The van der Waals surface area contributed by atoms with Crippen LogP contribution in [0.1, 0.15) is 41.6 Å². The van der Waals surface area contributed by atoms with Gasteiger partial charge in [0, 0.05) is 19.2 Å². The standard InChI is InChI=1S/C21H26N4O4/c1-28-16-6-4-14(5-7-16)12-25-13-15(11-22-25)21(27)23-17-8-9-19(26)24-20(17)18-3-2-10-29-18/h4-7,11,13,17-18,20H,2-3,8-10,12H2,1H3,(H,23,27)(H,24,26). The summed E-state index contributed by atoms with van der Waals surface area (Å²) in [5.41, 5.74) is 1.57. The number of benzene rings is 1. The van der Waals surface area contributed by atoms with E-state index >= 15 is 0 Å². The van der Waals surface area contributed by atoms with E-state index < -0.39 is 0 Å². The lowest BCUT2D eigenvalue weighted by Gasteiger charge is -2.35. The van der Waals surface area contributed by atoms with Crippen molar-refractivity contribution in [2.24, 2.45) is 0 Å². The molecule has 2 saturated heterocycles. The summed E-state index contributed by atoms with van der Waals surface area (Å²) in [6, 6.07) is 7.41. The summed E-state index contributed by atoms with van der Waals surface area (Å²) in [7, 11) is 1.63. The van der Waals surface area contributed by atoms with Crippen LogP contribution in [0.25, 0.3) is 0 Å². The maximum atomic E-state index is 12.8. The molecule has 1 aromatic carbocycles. The van der Waals surface area contributed by atoms with Crippen molar-refractivity contribution >= 4 is 11.8 Å². The van der Waals surface area contributed by atoms with Gasteiger partial charge in [-0.15, -0.1) is 0 Å². The fourth-order valence-corrected chi connectivity index (χ4v) is 3.96. The van der Waals surface area contributed by atoms with Crippen LogP contribution >= 0.6 is 0 Å². The number of amides is 2. The summed E-state index contributed by atoms with van der Waals surface area (Å²) in [5, 5.41) is 10.4. The van der Waals surface area contributed by atoms with Crippen molar-refractivity contribution in [3.05, 3.63) is 47.8 Å². The molecule has 0 spiro atoms. The van der Waals surface area contributed by atoms with Crippen LogP contribution in [0.15, 0.2) is 36.7 Å². The van der Waals surface area contributed by atoms with Crippen molar-refractivity contribution in [3.63, 3.8) is 0 Å². The summed E-state index contributed by atoms with van der Waals surface area (Å²) in [6.07, 6.45) is 6.17. The van der Waals surface area contributed by atoms with Crippen molar-refractivity contribution in [3.8, 4) is 5.75 Å². The highest BCUT2D eigenvalue weighted by Gasteiger charge is 2.37. The number of aromatic nitrogens is 2. The molecule has 0 radical (unpaired) electrons. The van der Waals surface area contributed by atoms with Crippen LogP contribution in [0.3, 0.4) is 0 Å². The molecule has 4 rings (SSSR count). The van der Waals surface area contributed by atoms with Crippen molar-refractivity contribution in [1.29, 1.82) is 0 Å². The first kappa shape index (κ1) is 19.4. The SMILES string of the molecule is COc1ccc(Cn2cc(C(=O)NC3CCC(=O)NC3C3CCCO3)cn2)cc1. The molecule has 3 unspecified atom stereocenters. The maximum Gasteiger partial charge on any atom is 0.254 e. The van der Waals surface area contributed by atoms with Crippen LogP contribution in [0.2, 0.25) is 0 Å². The molecular formula is C21H26N4O4. The Kier molecular flexibility index (Phi) is 5.80. The van der Waals surface area contributed by atoms with E-state index in [4.69, 9.17) is 9.47 Å². The second-order valence-corrected chi connectivity index (χ2v) is 7.54. The first-order valence-corrected chi connectivity index (χ1v) is 9.99. The molecule has 2 N–H and O–H groups in total. The Bertz CT molecular complexity index is 858. The summed E-state index contributed by atoms with van der Waals surface area (Å²) in [6.45, 7) is 1.27. The quantitative estimate of drug-likeness (QED) is 0.769. The van der Waals surface area contributed by atoms with Crippen LogP contribution in [0, 0.1) is 0 Å². The van der Waals surface area contributed by atoms with Gasteiger partial charge in [0.1, 0.15) is 5.75 Å². The molecule has 0 bridgehead atoms. The molecule has 0 saturated carbocycles. The van der Waals surface area contributed by atoms with Crippen molar-refractivity contribution < 1.29 is 19.1 Å². The van der Waals surface area contributed by atoms with Gasteiger partial charge in [0.25, 0.3) is 5.91 Å². The van der Waals surface area contributed by atoms with E-state index in [1.807, 2.05) is 24.3 Å². The van der Waals surface area contributed by atoms with Crippen LogP contribution in [0.4, 0.5) is 0 Å². The minimum Gasteiger partial charge on any atom is -0.497 e. The summed E-state index contributed by atoms with van der Waals surface area (Å²) in [4.78, 5) is 24.6. The Morgan fingerprint density at radius 2 is 2.17 bits per heavy atom. The van der Waals surface area contributed by atoms with Crippen LogP contribution in [-0.2, 0) is 16.1 Å². The van der Waals surface area contributed by atoms with Gasteiger partial charge in [-0.2, -0.15) is 5.10 Å². The number of nitrogens with zero attached hydrogens (tertiary/aromatic N) is 2. The summed E-state index contributed by atoms with van der Waals surface area (Å²) in [5.74, 6) is 0.632. The van der Waals surface area contributed by atoms with E-state index in [0.717, 1.165) is 24.2 Å². The molecule has 2 aromatic rings. The van der Waals surface area contributed by atoms with Gasteiger partial charge >= 0.3 is 0 Å². The molecule has 1 aromatic heterocycles. The fourth-order valence-electron chi connectivity index (χ4n) is 3.96. The predicted molar refractivity (Wildman–Crippen MR) is 106 cm³/mol. The molecule has 2 aliphatic heterocycles. The normalized spacial score (nSPS) is 24.2. The number of hydrogen-bond acceptors (Lipinski definition) is 5. The zero-order valence-corrected chi connectivity index (χ0v) is 16.5. The number of carbonyl (C=O) groups excluding carboxylic acids is 2. The van der Waals surface area contributed by atoms with Gasteiger partial charge in [-0.1, -0.05) is 12.1 Å². The van der Waals surface area contributed by atoms with E-state index in [9.17, 15) is 9.59 Å². The van der Waals surface area contributed by atoms with E-state index in [1.165, 1.54) is 0 Å². The average molecular weight is 398 g/mol. The van der Waals surface area contributed by atoms with E-state index in [1.54, 1.807) is 24.2 Å². The van der Waals surface area contributed by atoms with Gasteiger partial charge in [-0.3, -0.25) is 14.3 Å². The zero-order chi connectivity index (χ0) is 20.2. The molecule has 29 heavy (non-hydrogen) atoms. The minimum atomic E-state index is -0.185. The molecule has 8 heteroatoms. The highest BCUT2D eigenvalue weighted by atomic mass is 16.5. The Morgan fingerprint density at radius 3 is 2.90 bits per heavy atom. The molecule has 8 nitrogen and oxygen atoms in total. The Labute approximate surface area is 169 Å². The number of ether oxygens (including phenoxy) is 2. The number of rotatable bonds is 6. The van der Waals surface area contributed by atoms with Crippen molar-refractivity contribution in [2.45, 2.75) is 50.4 Å². The average Bonchev–Trinajstić information content (AvgIpc) is 3.42. The van der Waals surface area contributed by atoms with Gasteiger partial charge < -0.3 is 20.1 Å². The molecule has 3 heterocycles. The summed E-state index contributed by atoms with van der Waals surface area (Å²) >= 11 is 0. The maximum absolute atomic E-state index is 12.8. The highest BCUT2D eigenvalue weighted by Crippen LogP contribution is 2.23. The molecule has 0 aliphatic carbocycles. The zero-order valence-electron chi connectivity index (χ0n) is 16.5. The van der Waals surface area contributed by atoms with Crippen LogP contribution in [0.5, 0.6) is 5.75 Å². The number of piperidine rings is 1. The lowest BCUT2D eigenvalue weighted by molar-refractivity contribution is -0.125. The first-order valence-electron chi connectivity index (χ1n) is 9.99. The fraction of sp³-hybridized carbons (Fsp3) is 0.476. The lowest BCUT2D eigenvalue weighted by atomic mass is 9.92. The lowest BCUT2D eigenvalue weighted by Crippen LogP contribution is -2.60. The van der Waals surface area contributed by atoms with E-state index in [2.05, 4.69) is 15.7 Å². The number of hydrogen-bond donors (Lipinski definition) is 2. The van der Waals surface area contributed by atoms with Gasteiger partial charge in [-0.05, 0) is 37.0 Å². The second kappa shape index (κ2) is 8.65. The van der Waals surface area contributed by atoms with E-state index in [0.29, 0.717) is 31.6 Å². The number of nitrogens with one attached hydrogen (secondary N) is 2. The van der Waals surface area contributed by atoms with Crippen LogP contribution < -0.4 is 15.4 Å². The number of carbonyl (C=O) groups is 2. The van der Waals surface area contributed by atoms with Gasteiger partial charge in [0.2, 0.25) is 5.91 Å². The highest BCUT2D eigenvalue weighted by molar-refractivity contribution is 5.94.